The molecule has 0 aliphatic heterocycles. The van der Waals surface area contributed by atoms with E-state index in [2.05, 4.69) is 11.7 Å². The number of carbonyl (C=O) groups excluding carboxylic acids is 1. The zero-order valence-electron chi connectivity index (χ0n) is 17.3. The van der Waals surface area contributed by atoms with Crippen molar-refractivity contribution < 1.29 is 23.4 Å². The van der Waals surface area contributed by atoms with E-state index in [1.807, 2.05) is 0 Å². The molecule has 28 heavy (non-hydrogen) atoms. The Hall–Kier alpha value is -1.36. The summed E-state index contributed by atoms with van der Waals surface area (Å²) in [6.45, 7) is 3.85. The first kappa shape index (κ1) is 24.7. The smallest absolute Gasteiger partial charge is 0.349 e. The molecule has 1 rings (SSSR count). The van der Waals surface area contributed by atoms with Gasteiger partial charge in [-0.05, 0) is 48.6 Å². The van der Waals surface area contributed by atoms with E-state index in [9.17, 15) is 18.7 Å². The number of aryl methyl sites for hydroxylation is 1. The maximum Gasteiger partial charge on any atom is 0.349 e. The summed E-state index contributed by atoms with van der Waals surface area (Å²) in [6, 6.07) is 1.17. The lowest BCUT2D eigenvalue weighted by Gasteiger charge is -2.18. The second kappa shape index (κ2) is 12.3. The normalized spacial score (nSPS) is 11.6. The number of unbranched alkanes of at least 4 members (excludes halogenated alkanes) is 9. The van der Waals surface area contributed by atoms with Gasteiger partial charge in [0.25, 0.3) is 0 Å². The Kier molecular flexibility index (Phi) is 10.8. The molecule has 0 saturated heterocycles. The summed E-state index contributed by atoms with van der Waals surface area (Å²) in [5.41, 5.74) is -0.265. The lowest BCUT2D eigenvalue weighted by atomic mass is 9.93. The highest BCUT2D eigenvalue weighted by Gasteiger charge is 2.36. The van der Waals surface area contributed by atoms with Crippen LogP contribution in [0.5, 0.6) is 5.75 Å². The topological polar surface area (TPSA) is 46.5 Å². The third kappa shape index (κ3) is 7.57. The van der Waals surface area contributed by atoms with Gasteiger partial charge in [-0.1, -0.05) is 64.7 Å². The van der Waals surface area contributed by atoms with Gasteiger partial charge in [0.15, 0.2) is 0 Å². The molecule has 0 radical (unpaired) electrons. The van der Waals surface area contributed by atoms with Crippen LogP contribution in [0.4, 0.5) is 8.78 Å². The third-order valence-corrected chi connectivity index (χ3v) is 5.31. The van der Waals surface area contributed by atoms with Crippen molar-refractivity contribution in [3.05, 3.63) is 28.3 Å². The van der Waals surface area contributed by atoms with Gasteiger partial charge in [-0.25, -0.2) is 4.79 Å². The first-order valence-electron chi connectivity index (χ1n) is 10.2. The molecule has 3 nitrogen and oxygen atoms in total. The minimum Gasteiger partial charge on any atom is -0.507 e. The molecule has 0 atom stereocenters. The second-order valence-corrected chi connectivity index (χ2v) is 7.84. The van der Waals surface area contributed by atoms with Gasteiger partial charge < -0.3 is 9.84 Å². The number of ether oxygens (including phenoxy) is 1. The van der Waals surface area contributed by atoms with E-state index in [0.717, 1.165) is 26.4 Å². The Morgan fingerprint density at radius 1 is 1.07 bits per heavy atom. The molecule has 0 amide bonds. The lowest BCUT2D eigenvalue weighted by Crippen LogP contribution is -2.15. The molecule has 0 unspecified atom stereocenters. The minimum absolute atomic E-state index is 0.446. The number of hydrogen-bond donors (Lipinski definition) is 1. The first-order valence-corrected chi connectivity index (χ1v) is 10.6. The summed E-state index contributed by atoms with van der Waals surface area (Å²) in [7, 11) is 1.08. The van der Waals surface area contributed by atoms with E-state index in [4.69, 9.17) is 11.6 Å². The molecule has 0 heterocycles. The molecule has 1 aromatic carbocycles. The maximum absolute atomic E-state index is 13.7. The highest BCUT2D eigenvalue weighted by atomic mass is 35.5. The van der Waals surface area contributed by atoms with Gasteiger partial charge in [0.1, 0.15) is 11.3 Å². The number of aromatic hydroxyl groups is 1. The molecule has 0 bridgehead atoms. The van der Waals surface area contributed by atoms with Gasteiger partial charge in [-0.3, -0.25) is 0 Å². The third-order valence-electron chi connectivity index (χ3n) is 5.10. The predicted octanol–water partition coefficient (Wildman–Crippen LogP) is 7.24. The fraction of sp³-hybridized carbons (Fsp3) is 0.682. The van der Waals surface area contributed by atoms with Gasteiger partial charge in [0.2, 0.25) is 0 Å². The van der Waals surface area contributed by atoms with Gasteiger partial charge in [0, 0.05) is 0 Å². The Balaban J connectivity index is 2.63. The minimum atomic E-state index is -3.76. The summed E-state index contributed by atoms with van der Waals surface area (Å²) >= 11 is 5.12. The number of benzene rings is 1. The molecular weight excluding hydrogens is 386 g/mol. The van der Waals surface area contributed by atoms with Crippen LogP contribution in [-0.2, 0) is 16.5 Å². The van der Waals surface area contributed by atoms with Crippen LogP contribution in [0.1, 0.15) is 98.2 Å². The Bertz CT molecular complexity index is 627. The van der Waals surface area contributed by atoms with Gasteiger partial charge >= 0.3 is 11.4 Å². The fourth-order valence-corrected chi connectivity index (χ4v) is 3.63. The number of halogens is 3. The lowest BCUT2D eigenvalue weighted by molar-refractivity contribution is 0.0566. The summed E-state index contributed by atoms with van der Waals surface area (Å²) in [4.78, 5) is 11.9. The van der Waals surface area contributed by atoms with Crippen LogP contribution in [0.15, 0.2) is 6.07 Å². The van der Waals surface area contributed by atoms with E-state index in [-0.39, 0.29) is 0 Å². The van der Waals surface area contributed by atoms with Crippen LogP contribution >= 0.6 is 11.6 Å². The van der Waals surface area contributed by atoms with Crippen molar-refractivity contribution >= 4 is 17.6 Å². The number of phenols is 1. The molecule has 0 saturated carbocycles. The second-order valence-electron chi connectivity index (χ2n) is 7.36. The molecule has 0 spiro atoms. The molecule has 160 valence electrons. The molecule has 1 aromatic rings. The van der Waals surface area contributed by atoms with Crippen molar-refractivity contribution in [2.75, 3.05) is 7.11 Å². The van der Waals surface area contributed by atoms with Crippen molar-refractivity contribution in [1.82, 2.24) is 0 Å². The number of hydrogen-bond acceptors (Lipinski definition) is 3. The van der Waals surface area contributed by atoms with Gasteiger partial charge in [-0.15, -0.1) is 0 Å². The van der Waals surface area contributed by atoms with E-state index in [0.29, 0.717) is 17.5 Å². The fourth-order valence-electron chi connectivity index (χ4n) is 3.48. The van der Waals surface area contributed by atoms with Crippen molar-refractivity contribution in [3.8, 4) is 5.75 Å². The largest absolute Gasteiger partial charge is 0.507 e. The molecule has 0 aliphatic rings. The van der Waals surface area contributed by atoms with Crippen molar-refractivity contribution in [3.63, 3.8) is 0 Å². The van der Waals surface area contributed by atoms with Crippen molar-refractivity contribution in [2.24, 2.45) is 0 Å². The Morgan fingerprint density at radius 2 is 1.57 bits per heavy atom. The average molecular weight is 419 g/mol. The highest BCUT2D eigenvalue weighted by molar-refractivity contribution is 6.22. The summed E-state index contributed by atoms with van der Waals surface area (Å²) in [5, 5.41) is 6.70. The quantitative estimate of drug-likeness (QED) is 0.208. The maximum atomic E-state index is 13.7. The van der Waals surface area contributed by atoms with Crippen LogP contribution in [-0.4, -0.2) is 18.2 Å². The highest BCUT2D eigenvalue weighted by Crippen LogP contribution is 2.41. The Labute approximate surface area is 172 Å². The molecule has 1 N–H and O–H groups in total. The van der Waals surface area contributed by atoms with Crippen LogP contribution in [0.25, 0.3) is 0 Å². The number of methoxy groups -OCH3 is 1. The average Bonchev–Trinajstić information content (AvgIpc) is 2.63. The zero-order valence-corrected chi connectivity index (χ0v) is 18.0. The van der Waals surface area contributed by atoms with Gasteiger partial charge in [0.05, 0.1) is 12.7 Å². The number of phenolic OH excluding ortho intramolecular Hbond substituents is 1. The molecule has 0 fully saturated rings. The van der Waals surface area contributed by atoms with Crippen molar-refractivity contribution in [2.45, 2.75) is 89.9 Å². The van der Waals surface area contributed by atoms with Crippen LogP contribution in [0.3, 0.4) is 0 Å². The molecule has 6 heteroatoms. The summed E-state index contributed by atoms with van der Waals surface area (Å²) in [6.07, 6.45) is 12.3. The number of esters is 1. The standard InChI is InChI=1S/C22H33ClF2O3/c1-4-5-6-7-8-9-10-11-12-13-14-17-16(2)15-18(22(23,24)25)19(20(17)26)21(27)28-3/h15,26H,4-14H2,1-3H3. The monoisotopic (exact) mass is 418 g/mol. The molecular formula is C22H33ClF2O3. The molecule has 0 aromatic heterocycles. The van der Waals surface area contributed by atoms with Crippen LogP contribution in [0.2, 0.25) is 0 Å². The number of carbonyl (C=O) groups is 1. The first-order chi connectivity index (χ1) is 13.2. The van der Waals surface area contributed by atoms with Crippen molar-refractivity contribution in [1.29, 1.82) is 0 Å². The summed E-state index contributed by atoms with van der Waals surface area (Å²) in [5.74, 6) is -1.46. The molecule has 0 aliphatic carbocycles. The summed E-state index contributed by atoms with van der Waals surface area (Å²) < 4.78 is 31.9. The zero-order chi connectivity index (χ0) is 21.2. The van der Waals surface area contributed by atoms with E-state index >= 15 is 0 Å². The predicted molar refractivity (Wildman–Crippen MR) is 109 cm³/mol. The van der Waals surface area contributed by atoms with E-state index in [1.54, 1.807) is 6.92 Å². The Morgan fingerprint density at radius 3 is 2.04 bits per heavy atom. The number of alkyl halides is 3. The SMILES string of the molecule is CCCCCCCCCCCCc1c(C)cc(C(F)(F)Cl)c(C(=O)OC)c1O. The van der Waals surface area contributed by atoms with E-state index in [1.165, 1.54) is 51.0 Å². The van der Waals surface area contributed by atoms with Crippen LogP contribution < -0.4 is 0 Å². The van der Waals surface area contributed by atoms with Crippen LogP contribution in [0, 0.1) is 6.92 Å². The van der Waals surface area contributed by atoms with E-state index < -0.39 is 28.2 Å². The van der Waals surface area contributed by atoms with Gasteiger partial charge in [-0.2, -0.15) is 8.78 Å². The number of rotatable bonds is 13.